The molecule has 1 fully saturated rings. The number of rotatable bonds is 8. The molecular formula is C21H29N5O3. The summed E-state index contributed by atoms with van der Waals surface area (Å²) in [6.45, 7) is 5.62. The van der Waals surface area contributed by atoms with E-state index in [1.807, 2.05) is 36.1 Å². The van der Waals surface area contributed by atoms with Crippen LogP contribution in [-0.4, -0.2) is 52.9 Å². The third-order valence-electron chi connectivity index (χ3n) is 4.98. The molecule has 1 aliphatic rings. The number of hydrogen-bond acceptors (Lipinski definition) is 4. The van der Waals surface area contributed by atoms with Crippen LogP contribution in [0.15, 0.2) is 42.7 Å². The molecule has 2 aromatic rings. The lowest BCUT2D eigenvalue weighted by Gasteiger charge is -2.31. The normalized spacial score (nSPS) is 14.6. The summed E-state index contributed by atoms with van der Waals surface area (Å²) in [7, 11) is 0. The molecule has 3 rings (SSSR count). The maximum absolute atomic E-state index is 12.4. The zero-order valence-electron chi connectivity index (χ0n) is 16.8. The van der Waals surface area contributed by atoms with Crippen LogP contribution in [0.3, 0.4) is 0 Å². The number of anilines is 1. The summed E-state index contributed by atoms with van der Waals surface area (Å²) in [6, 6.07) is 9.22. The maximum Gasteiger partial charge on any atom is 0.317 e. The van der Waals surface area contributed by atoms with Crippen molar-refractivity contribution in [2.24, 2.45) is 5.92 Å². The maximum atomic E-state index is 12.4. The molecule has 1 aromatic heterocycles. The molecule has 8 nitrogen and oxygen atoms in total. The standard InChI is InChI=1S/C21H29N5O3/c1-2-29-16-17-7-11-25(12-8-17)21(28)22-14-18-5-3-6-19(13-18)24-20(27)15-26-10-4-9-23-26/h3-6,9-10,13,17H,2,7-8,11-12,14-16H2,1H3,(H,22,28)(H,24,27). The number of urea groups is 1. The number of piperidine rings is 1. The van der Waals surface area contributed by atoms with Gasteiger partial charge in [0.1, 0.15) is 6.54 Å². The van der Waals surface area contributed by atoms with Crippen LogP contribution in [0.2, 0.25) is 0 Å². The topological polar surface area (TPSA) is 88.5 Å². The SMILES string of the molecule is CCOCC1CCN(C(=O)NCc2cccc(NC(=O)Cn3cccn3)c2)CC1. The quantitative estimate of drug-likeness (QED) is 0.714. The molecule has 2 heterocycles. The second kappa shape index (κ2) is 10.6. The van der Waals surface area contributed by atoms with Crippen molar-refractivity contribution in [1.82, 2.24) is 20.0 Å². The van der Waals surface area contributed by atoms with Gasteiger partial charge in [0.15, 0.2) is 0 Å². The number of nitrogens with one attached hydrogen (secondary N) is 2. The number of carbonyl (C=O) groups excluding carboxylic acids is 2. The summed E-state index contributed by atoms with van der Waals surface area (Å²) >= 11 is 0. The Balaban J connectivity index is 1.43. The van der Waals surface area contributed by atoms with E-state index in [4.69, 9.17) is 4.74 Å². The molecule has 29 heavy (non-hydrogen) atoms. The summed E-state index contributed by atoms with van der Waals surface area (Å²) in [5, 5.41) is 9.86. The number of carbonyl (C=O) groups is 2. The first-order valence-corrected chi connectivity index (χ1v) is 10.1. The van der Waals surface area contributed by atoms with E-state index in [1.54, 1.807) is 23.1 Å². The number of hydrogen-bond donors (Lipinski definition) is 2. The van der Waals surface area contributed by atoms with Gasteiger partial charge in [-0.2, -0.15) is 5.10 Å². The Kier molecular flexibility index (Phi) is 7.63. The molecule has 0 atom stereocenters. The van der Waals surface area contributed by atoms with E-state index >= 15 is 0 Å². The zero-order valence-corrected chi connectivity index (χ0v) is 16.8. The highest BCUT2D eigenvalue weighted by Crippen LogP contribution is 2.18. The van der Waals surface area contributed by atoms with E-state index in [-0.39, 0.29) is 18.5 Å². The fourth-order valence-electron chi connectivity index (χ4n) is 3.38. The third-order valence-corrected chi connectivity index (χ3v) is 4.98. The van der Waals surface area contributed by atoms with Gasteiger partial charge in [-0.1, -0.05) is 12.1 Å². The molecule has 0 spiro atoms. The van der Waals surface area contributed by atoms with Crippen molar-refractivity contribution in [3.8, 4) is 0 Å². The molecule has 0 radical (unpaired) electrons. The minimum Gasteiger partial charge on any atom is -0.381 e. The van der Waals surface area contributed by atoms with Crippen molar-refractivity contribution >= 4 is 17.6 Å². The van der Waals surface area contributed by atoms with Gasteiger partial charge in [0.05, 0.1) is 0 Å². The fourth-order valence-corrected chi connectivity index (χ4v) is 3.38. The van der Waals surface area contributed by atoms with Crippen LogP contribution in [0.1, 0.15) is 25.3 Å². The molecule has 1 aromatic carbocycles. The summed E-state index contributed by atoms with van der Waals surface area (Å²) in [5.74, 6) is 0.394. The van der Waals surface area contributed by atoms with Gasteiger partial charge >= 0.3 is 6.03 Å². The van der Waals surface area contributed by atoms with Gasteiger partial charge < -0.3 is 20.3 Å². The molecule has 0 bridgehead atoms. The van der Waals surface area contributed by atoms with Crippen molar-refractivity contribution < 1.29 is 14.3 Å². The van der Waals surface area contributed by atoms with Crippen molar-refractivity contribution in [2.75, 3.05) is 31.6 Å². The number of ether oxygens (including phenoxy) is 1. The Morgan fingerprint density at radius 2 is 2.07 bits per heavy atom. The highest BCUT2D eigenvalue weighted by molar-refractivity contribution is 5.90. The second-order valence-electron chi connectivity index (χ2n) is 7.20. The number of amides is 3. The van der Waals surface area contributed by atoms with Gasteiger partial charge in [-0.25, -0.2) is 4.79 Å². The predicted molar refractivity (Wildman–Crippen MR) is 110 cm³/mol. The van der Waals surface area contributed by atoms with Crippen LogP contribution in [-0.2, 0) is 22.6 Å². The monoisotopic (exact) mass is 399 g/mol. The molecule has 0 saturated carbocycles. The average Bonchev–Trinajstić information content (AvgIpc) is 3.24. The summed E-state index contributed by atoms with van der Waals surface area (Å²) < 4.78 is 7.05. The molecule has 0 aliphatic carbocycles. The van der Waals surface area contributed by atoms with Gasteiger partial charge in [-0.05, 0) is 49.4 Å². The lowest BCUT2D eigenvalue weighted by molar-refractivity contribution is -0.116. The van der Waals surface area contributed by atoms with Crippen molar-refractivity contribution in [1.29, 1.82) is 0 Å². The largest absolute Gasteiger partial charge is 0.381 e. The van der Waals surface area contributed by atoms with Crippen LogP contribution >= 0.6 is 0 Å². The van der Waals surface area contributed by atoms with Gasteiger partial charge in [-0.15, -0.1) is 0 Å². The van der Waals surface area contributed by atoms with E-state index in [9.17, 15) is 9.59 Å². The van der Waals surface area contributed by atoms with Gasteiger partial charge in [0, 0.05) is 50.9 Å². The van der Waals surface area contributed by atoms with Gasteiger partial charge in [-0.3, -0.25) is 9.48 Å². The predicted octanol–water partition coefficient (Wildman–Crippen LogP) is 2.48. The molecule has 3 amide bonds. The zero-order chi connectivity index (χ0) is 20.5. The van der Waals surface area contributed by atoms with E-state index in [1.165, 1.54) is 0 Å². The van der Waals surface area contributed by atoms with Crippen molar-refractivity contribution in [3.63, 3.8) is 0 Å². The summed E-state index contributed by atoms with van der Waals surface area (Å²) in [4.78, 5) is 26.4. The van der Waals surface area contributed by atoms with Crippen LogP contribution in [0.4, 0.5) is 10.5 Å². The number of likely N-dealkylation sites (tertiary alicyclic amines) is 1. The lowest BCUT2D eigenvalue weighted by Crippen LogP contribution is -2.44. The van der Waals surface area contributed by atoms with E-state index in [0.717, 1.165) is 44.7 Å². The molecular weight excluding hydrogens is 370 g/mol. The first-order valence-electron chi connectivity index (χ1n) is 10.1. The third kappa shape index (κ3) is 6.60. The lowest BCUT2D eigenvalue weighted by atomic mass is 9.98. The average molecular weight is 399 g/mol. The van der Waals surface area contributed by atoms with Crippen LogP contribution in [0.25, 0.3) is 0 Å². The Bertz CT molecular complexity index is 785. The second-order valence-corrected chi connectivity index (χ2v) is 7.20. The van der Waals surface area contributed by atoms with Gasteiger partial charge in [0.25, 0.3) is 0 Å². The van der Waals surface area contributed by atoms with Crippen LogP contribution in [0.5, 0.6) is 0 Å². The first kappa shape index (κ1) is 20.9. The van der Waals surface area contributed by atoms with E-state index in [2.05, 4.69) is 15.7 Å². The molecule has 2 N–H and O–H groups in total. The molecule has 0 unspecified atom stereocenters. The Hall–Kier alpha value is -2.87. The molecule has 8 heteroatoms. The summed E-state index contributed by atoms with van der Waals surface area (Å²) in [6.07, 6.45) is 5.33. The van der Waals surface area contributed by atoms with Gasteiger partial charge in [0.2, 0.25) is 5.91 Å². The fraction of sp³-hybridized carbons (Fsp3) is 0.476. The van der Waals surface area contributed by atoms with E-state index < -0.39 is 0 Å². The summed E-state index contributed by atoms with van der Waals surface area (Å²) in [5.41, 5.74) is 1.63. The van der Waals surface area contributed by atoms with Crippen LogP contribution < -0.4 is 10.6 Å². The minimum absolute atomic E-state index is 0.0482. The first-order chi connectivity index (χ1) is 14.1. The Labute approximate surface area is 171 Å². The number of nitrogens with zero attached hydrogens (tertiary/aromatic N) is 3. The highest BCUT2D eigenvalue weighted by atomic mass is 16.5. The Morgan fingerprint density at radius 3 is 2.79 bits per heavy atom. The van der Waals surface area contributed by atoms with Crippen LogP contribution in [0, 0.1) is 5.92 Å². The van der Waals surface area contributed by atoms with E-state index in [0.29, 0.717) is 18.2 Å². The highest BCUT2D eigenvalue weighted by Gasteiger charge is 2.22. The number of benzene rings is 1. The smallest absolute Gasteiger partial charge is 0.317 e. The van der Waals surface area contributed by atoms with Crippen molar-refractivity contribution in [2.45, 2.75) is 32.9 Å². The molecule has 156 valence electrons. The molecule has 1 aliphatic heterocycles. The minimum atomic E-state index is -0.148. The van der Waals surface area contributed by atoms with Crippen molar-refractivity contribution in [3.05, 3.63) is 48.3 Å². The molecule has 1 saturated heterocycles. The number of aromatic nitrogens is 2. The Morgan fingerprint density at radius 1 is 1.24 bits per heavy atom.